The number of carbonyl (C=O) groups is 3. The van der Waals surface area contributed by atoms with E-state index in [0.29, 0.717) is 38.3 Å². The highest BCUT2D eigenvalue weighted by Crippen LogP contribution is 2.25. The molecule has 2 heterocycles. The van der Waals surface area contributed by atoms with Crippen LogP contribution in [0.25, 0.3) is 0 Å². The molecule has 2 fully saturated rings. The van der Waals surface area contributed by atoms with Crippen LogP contribution in [0.1, 0.15) is 38.5 Å². The standard InChI is InChI=1S/C13H20N2O4/c16-11-5-4-9-8-15(7-6-10(9)14-11)12(17)2-1-3-13(18)19/h9-10H,1-8H2,(H,14,16)(H,18,19). The number of nitrogens with zero attached hydrogens (tertiary/aromatic N) is 1. The molecular weight excluding hydrogens is 248 g/mol. The average Bonchev–Trinajstić information content (AvgIpc) is 2.37. The predicted octanol–water partition coefficient (Wildman–Crippen LogP) is 0.368. The maximum atomic E-state index is 12.0. The van der Waals surface area contributed by atoms with Crippen LogP contribution in [0.2, 0.25) is 0 Å². The van der Waals surface area contributed by atoms with E-state index in [-0.39, 0.29) is 24.3 Å². The molecule has 0 radical (unpaired) electrons. The molecule has 2 aliphatic heterocycles. The van der Waals surface area contributed by atoms with Crippen LogP contribution in [-0.2, 0) is 14.4 Å². The van der Waals surface area contributed by atoms with Crippen molar-refractivity contribution in [2.24, 2.45) is 5.92 Å². The van der Waals surface area contributed by atoms with Gasteiger partial charge in [-0.3, -0.25) is 14.4 Å². The van der Waals surface area contributed by atoms with Crippen molar-refractivity contribution in [3.63, 3.8) is 0 Å². The number of fused-ring (bicyclic) bond motifs is 1. The normalized spacial score (nSPS) is 26.5. The number of piperidine rings is 2. The van der Waals surface area contributed by atoms with Crippen molar-refractivity contribution in [3.8, 4) is 0 Å². The van der Waals surface area contributed by atoms with E-state index in [1.165, 1.54) is 0 Å². The maximum absolute atomic E-state index is 12.0. The Balaban J connectivity index is 1.78. The highest BCUT2D eigenvalue weighted by Gasteiger charge is 2.34. The SMILES string of the molecule is O=C(O)CCCC(=O)N1CCC2NC(=O)CCC2C1. The van der Waals surface area contributed by atoms with Crippen LogP contribution in [0.15, 0.2) is 0 Å². The van der Waals surface area contributed by atoms with Crippen LogP contribution in [0.3, 0.4) is 0 Å². The summed E-state index contributed by atoms with van der Waals surface area (Å²) >= 11 is 0. The molecule has 2 amide bonds. The number of nitrogens with one attached hydrogen (secondary N) is 1. The lowest BCUT2D eigenvalue weighted by atomic mass is 9.85. The Morgan fingerprint density at radius 2 is 2.11 bits per heavy atom. The van der Waals surface area contributed by atoms with Crippen LogP contribution in [0, 0.1) is 5.92 Å². The van der Waals surface area contributed by atoms with E-state index in [1.54, 1.807) is 0 Å². The number of hydrogen-bond acceptors (Lipinski definition) is 3. The molecule has 6 nitrogen and oxygen atoms in total. The van der Waals surface area contributed by atoms with Gasteiger partial charge < -0.3 is 15.3 Å². The largest absolute Gasteiger partial charge is 0.481 e. The van der Waals surface area contributed by atoms with E-state index in [2.05, 4.69) is 5.32 Å². The van der Waals surface area contributed by atoms with E-state index in [9.17, 15) is 14.4 Å². The Morgan fingerprint density at radius 3 is 2.84 bits per heavy atom. The van der Waals surface area contributed by atoms with Gasteiger partial charge >= 0.3 is 5.97 Å². The van der Waals surface area contributed by atoms with Gasteiger partial charge in [0.25, 0.3) is 0 Å². The van der Waals surface area contributed by atoms with E-state index >= 15 is 0 Å². The van der Waals surface area contributed by atoms with Crippen molar-refractivity contribution in [2.45, 2.75) is 44.6 Å². The van der Waals surface area contributed by atoms with Crippen molar-refractivity contribution >= 4 is 17.8 Å². The molecule has 0 spiro atoms. The molecule has 2 rings (SSSR count). The monoisotopic (exact) mass is 268 g/mol. The summed E-state index contributed by atoms with van der Waals surface area (Å²) in [6.07, 6.45) is 2.94. The zero-order valence-corrected chi connectivity index (χ0v) is 10.9. The number of carbonyl (C=O) groups excluding carboxylic acids is 2. The molecule has 2 aliphatic rings. The fraction of sp³-hybridized carbons (Fsp3) is 0.769. The second-order valence-electron chi connectivity index (χ2n) is 5.35. The molecule has 106 valence electrons. The predicted molar refractivity (Wildman–Crippen MR) is 67.3 cm³/mol. The lowest BCUT2D eigenvalue weighted by Gasteiger charge is -2.41. The van der Waals surface area contributed by atoms with Crippen molar-refractivity contribution in [1.82, 2.24) is 10.2 Å². The van der Waals surface area contributed by atoms with Gasteiger partial charge in [0.05, 0.1) is 0 Å². The Hall–Kier alpha value is -1.59. The molecule has 0 aromatic carbocycles. The first-order valence-electron chi connectivity index (χ1n) is 6.85. The molecule has 2 unspecified atom stereocenters. The number of aliphatic carboxylic acids is 1. The number of rotatable bonds is 4. The zero-order valence-electron chi connectivity index (χ0n) is 10.9. The first-order valence-corrected chi connectivity index (χ1v) is 6.85. The molecule has 2 N–H and O–H groups in total. The highest BCUT2D eigenvalue weighted by atomic mass is 16.4. The van der Waals surface area contributed by atoms with Gasteiger partial charge in [-0.05, 0) is 25.2 Å². The number of hydrogen-bond donors (Lipinski definition) is 2. The second-order valence-corrected chi connectivity index (χ2v) is 5.35. The lowest BCUT2D eigenvalue weighted by Crippen LogP contribution is -2.55. The summed E-state index contributed by atoms with van der Waals surface area (Å²) in [6, 6.07) is 0.212. The molecule has 0 saturated carbocycles. The first-order chi connectivity index (χ1) is 9.06. The minimum absolute atomic E-state index is 0.0385. The van der Waals surface area contributed by atoms with Crippen molar-refractivity contribution in [3.05, 3.63) is 0 Å². The van der Waals surface area contributed by atoms with Crippen LogP contribution in [0.4, 0.5) is 0 Å². The molecule has 0 bridgehead atoms. The number of amides is 2. The molecule has 0 aromatic rings. The third-order valence-corrected chi connectivity index (χ3v) is 3.96. The van der Waals surface area contributed by atoms with Gasteiger partial charge in [-0.2, -0.15) is 0 Å². The number of carboxylic acid groups (broad SMARTS) is 1. The Kier molecular flexibility index (Phi) is 4.39. The van der Waals surface area contributed by atoms with Gasteiger partial charge in [0.1, 0.15) is 0 Å². The third kappa shape index (κ3) is 3.68. The number of likely N-dealkylation sites (tertiary alicyclic amines) is 1. The fourth-order valence-corrected chi connectivity index (χ4v) is 2.89. The topological polar surface area (TPSA) is 86.7 Å². The average molecular weight is 268 g/mol. The molecule has 2 atom stereocenters. The number of carboxylic acids is 1. The zero-order chi connectivity index (χ0) is 13.8. The summed E-state index contributed by atoms with van der Waals surface area (Å²) in [6.45, 7) is 1.35. The summed E-state index contributed by atoms with van der Waals surface area (Å²) in [7, 11) is 0. The summed E-state index contributed by atoms with van der Waals surface area (Å²) in [5.74, 6) is -0.351. The molecule has 0 aromatic heterocycles. The second kappa shape index (κ2) is 6.04. The molecule has 0 aliphatic carbocycles. The summed E-state index contributed by atoms with van der Waals surface area (Å²) in [5.41, 5.74) is 0. The Morgan fingerprint density at radius 1 is 1.32 bits per heavy atom. The quantitative estimate of drug-likeness (QED) is 0.771. The van der Waals surface area contributed by atoms with Gasteiger partial charge in [0, 0.05) is 38.4 Å². The minimum Gasteiger partial charge on any atom is -0.481 e. The van der Waals surface area contributed by atoms with Gasteiger partial charge in [-0.1, -0.05) is 0 Å². The van der Waals surface area contributed by atoms with Gasteiger partial charge in [0.15, 0.2) is 0 Å². The first kappa shape index (κ1) is 13.8. The Bertz CT molecular complexity index is 383. The van der Waals surface area contributed by atoms with Crippen LogP contribution in [-0.4, -0.2) is 46.9 Å². The minimum atomic E-state index is -0.860. The fourth-order valence-electron chi connectivity index (χ4n) is 2.89. The highest BCUT2D eigenvalue weighted by molar-refractivity contribution is 5.78. The maximum Gasteiger partial charge on any atom is 0.303 e. The van der Waals surface area contributed by atoms with Crippen LogP contribution >= 0.6 is 0 Å². The molecular formula is C13H20N2O4. The van der Waals surface area contributed by atoms with Crippen molar-refractivity contribution in [2.75, 3.05) is 13.1 Å². The molecule has 6 heteroatoms. The van der Waals surface area contributed by atoms with Crippen molar-refractivity contribution < 1.29 is 19.5 Å². The van der Waals surface area contributed by atoms with Gasteiger partial charge in [0.2, 0.25) is 11.8 Å². The van der Waals surface area contributed by atoms with E-state index in [0.717, 1.165) is 12.8 Å². The smallest absolute Gasteiger partial charge is 0.303 e. The van der Waals surface area contributed by atoms with Crippen LogP contribution in [0.5, 0.6) is 0 Å². The summed E-state index contributed by atoms with van der Waals surface area (Å²) < 4.78 is 0. The lowest BCUT2D eigenvalue weighted by molar-refractivity contribution is -0.137. The van der Waals surface area contributed by atoms with Gasteiger partial charge in [-0.25, -0.2) is 0 Å². The van der Waals surface area contributed by atoms with Crippen LogP contribution < -0.4 is 5.32 Å². The van der Waals surface area contributed by atoms with E-state index in [4.69, 9.17) is 5.11 Å². The van der Waals surface area contributed by atoms with E-state index in [1.807, 2.05) is 4.90 Å². The molecule has 2 saturated heterocycles. The van der Waals surface area contributed by atoms with Crippen molar-refractivity contribution in [1.29, 1.82) is 0 Å². The molecule has 19 heavy (non-hydrogen) atoms. The summed E-state index contributed by atoms with van der Waals surface area (Å²) in [5, 5.41) is 11.5. The third-order valence-electron chi connectivity index (χ3n) is 3.96. The Labute approximate surface area is 112 Å². The van der Waals surface area contributed by atoms with Gasteiger partial charge in [-0.15, -0.1) is 0 Å². The van der Waals surface area contributed by atoms with E-state index < -0.39 is 5.97 Å². The summed E-state index contributed by atoms with van der Waals surface area (Å²) in [4.78, 5) is 35.5.